The lowest BCUT2D eigenvalue weighted by Gasteiger charge is -2.39. The topological polar surface area (TPSA) is 130 Å². The van der Waals surface area contributed by atoms with Crippen LogP contribution in [0.4, 0.5) is 0 Å². The zero-order valence-corrected chi connectivity index (χ0v) is 17.1. The molecule has 5 atom stereocenters. The van der Waals surface area contributed by atoms with Crippen LogP contribution < -0.4 is 10.2 Å². The molecular weight excluding hydrogens is 460 g/mol. The van der Waals surface area contributed by atoms with Crippen molar-refractivity contribution in [3.63, 3.8) is 0 Å². The smallest absolute Gasteiger partial charge is 0.229 e. The Morgan fingerprint density at radius 2 is 1.73 bits per heavy atom. The van der Waals surface area contributed by atoms with Crippen LogP contribution in [0.25, 0.3) is 22.1 Å². The lowest BCUT2D eigenvalue weighted by Crippen LogP contribution is -2.60. The third kappa shape index (κ3) is 3.87. The van der Waals surface area contributed by atoms with Crippen LogP contribution in [0, 0.1) is 0 Å². The van der Waals surface area contributed by atoms with E-state index in [-0.39, 0.29) is 16.8 Å². The molecule has 1 aromatic heterocycles. The fraction of sp³-hybridized carbons (Fsp3) is 0.286. The highest BCUT2D eigenvalue weighted by molar-refractivity contribution is 9.10. The molecule has 1 fully saturated rings. The van der Waals surface area contributed by atoms with E-state index in [9.17, 15) is 25.2 Å². The predicted molar refractivity (Wildman–Crippen MR) is 110 cm³/mol. The number of rotatable bonds is 4. The first kappa shape index (κ1) is 21.0. The second kappa shape index (κ2) is 8.46. The van der Waals surface area contributed by atoms with E-state index in [1.165, 1.54) is 24.5 Å². The molecule has 3 aromatic rings. The molecule has 4 rings (SSSR count). The van der Waals surface area contributed by atoms with Crippen molar-refractivity contribution in [3.8, 4) is 16.9 Å². The highest BCUT2D eigenvalue weighted by Gasteiger charge is 2.44. The Morgan fingerprint density at radius 3 is 2.43 bits per heavy atom. The Hall–Kier alpha value is -2.27. The molecule has 4 N–H and O–H groups in total. The molecule has 0 amide bonds. The maximum atomic E-state index is 12.9. The van der Waals surface area contributed by atoms with Crippen LogP contribution in [-0.2, 0) is 4.74 Å². The van der Waals surface area contributed by atoms with E-state index in [2.05, 4.69) is 15.9 Å². The lowest BCUT2D eigenvalue weighted by atomic mass is 9.99. The fourth-order valence-electron chi connectivity index (χ4n) is 3.31. The van der Waals surface area contributed by atoms with Gasteiger partial charge in [-0.15, -0.1) is 0 Å². The number of fused-ring (bicyclic) bond motifs is 1. The van der Waals surface area contributed by atoms with Crippen molar-refractivity contribution < 1.29 is 34.3 Å². The van der Waals surface area contributed by atoms with Gasteiger partial charge in [-0.3, -0.25) is 4.79 Å². The monoisotopic (exact) mass is 478 g/mol. The third-order valence-corrected chi connectivity index (χ3v) is 5.53. The van der Waals surface area contributed by atoms with Gasteiger partial charge in [0.15, 0.2) is 5.43 Å². The first-order chi connectivity index (χ1) is 14.4. The minimum Gasteiger partial charge on any atom is -0.463 e. The second-order valence-corrected chi connectivity index (χ2v) is 7.87. The predicted octanol–water partition coefficient (Wildman–Crippen LogP) is 1.40. The number of hydrogen-bond donors (Lipinski definition) is 4. The van der Waals surface area contributed by atoms with Crippen LogP contribution in [0.5, 0.6) is 5.75 Å². The van der Waals surface area contributed by atoms with Crippen molar-refractivity contribution in [3.05, 3.63) is 63.4 Å². The van der Waals surface area contributed by atoms with Crippen molar-refractivity contribution in [2.75, 3.05) is 6.61 Å². The van der Waals surface area contributed by atoms with Gasteiger partial charge < -0.3 is 34.3 Å². The highest BCUT2D eigenvalue weighted by Crippen LogP contribution is 2.27. The van der Waals surface area contributed by atoms with Crippen molar-refractivity contribution in [2.45, 2.75) is 30.7 Å². The van der Waals surface area contributed by atoms with E-state index in [0.29, 0.717) is 10.9 Å². The molecule has 30 heavy (non-hydrogen) atoms. The summed E-state index contributed by atoms with van der Waals surface area (Å²) in [7, 11) is 0. The van der Waals surface area contributed by atoms with E-state index in [4.69, 9.17) is 13.9 Å². The third-order valence-electron chi connectivity index (χ3n) is 5.00. The van der Waals surface area contributed by atoms with Gasteiger partial charge >= 0.3 is 0 Å². The van der Waals surface area contributed by atoms with E-state index in [1.807, 2.05) is 12.1 Å². The van der Waals surface area contributed by atoms with Crippen LogP contribution in [0.1, 0.15) is 0 Å². The van der Waals surface area contributed by atoms with Gasteiger partial charge in [-0.2, -0.15) is 0 Å². The molecule has 0 aliphatic carbocycles. The average molecular weight is 479 g/mol. The maximum Gasteiger partial charge on any atom is 0.229 e. The van der Waals surface area contributed by atoms with Gasteiger partial charge in [0.2, 0.25) is 6.29 Å². The molecule has 158 valence electrons. The Labute approximate surface area is 179 Å². The second-order valence-electron chi connectivity index (χ2n) is 6.96. The summed E-state index contributed by atoms with van der Waals surface area (Å²) in [6.07, 6.45) is -5.60. The zero-order valence-electron chi connectivity index (χ0n) is 15.5. The number of aliphatic hydroxyl groups excluding tert-OH is 4. The molecule has 2 heterocycles. The van der Waals surface area contributed by atoms with Gasteiger partial charge in [0.05, 0.1) is 17.6 Å². The summed E-state index contributed by atoms with van der Waals surface area (Å²) in [5.74, 6) is 0.214. The highest BCUT2D eigenvalue weighted by atomic mass is 79.9. The SMILES string of the molecule is O=c1c(-c2ccc(Br)cc2)coc2cc(O[C@@H]3O[C@@H](CO)[C@@H](O)[C@@H](O)[C@H]3O)ccc12. The van der Waals surface area contributed by atoms with Crippen molar-refractivity contribution >= 4 is 26.9 Å². The first-order valence-corrected chi connectivity index (χ1v) is 9.97. The summed E-state index contributed by atoms with van der Waals surface area (Å²) < 4.78 is 17.4. The normalized spacial score (nSPS) is 26.6. The number of ether oxygens (including phenoxy) is 2. The summed E-state index contributed by atoms with van der Waals surface area (Å²) in [6.45, 7) is -0.559. The van der Waals surface area contributed by atoms with Gasteiger partial charge in [0.25, 0.3) is 0 Å². The summed E-state index contributed by atoms with van der Waals surface area (Å²) in [4.78, 5) is 12.9. The lowest BCUT2D eigenvalue weighted by molar-refractivity contribution is -0.277. The summed E-state index contributed by atoms with van der Waals surface area (Å²) in [6, 6.07) is 11.8. The zero-order chi connectivity index (χ0) is 21.4. The molecule has 0 radical (unpaired) electrons. The van der Waals surface area contributed by atoms with Crippen LogP contribution in [0.2, 0.25) is 0 Å². The van der Waals surface area contributed by atoms with Crippen LogP contribution in [0.3, 0.4) is 0 Å². The number of hydrogen-bond acceptors (Lipinski definition) is 8. The molecule has 0 spiro atoms. The molecule has 1 aliphatic heterocycles. The van der Waals surface area contributed by atoms with Crippen LogP contribution >= 0.6 is 15.9 Å². The minimum absolute atomic E-state index is 0.210. The van der Waals surface area contributed by atoms with Gasteiger partial charge in [-0.25, -0.2) is 0 Å². The Bertz CT molecular complexity index is 1090. The van der Waals surface area contributed by atoms with Crippen LogP contribution in [-0.4, -0.2) is 57.7 Å². The summed E-state index contributed by atoms with van der Waals surface area (Å²) in [5, 5.41) is 39.4. The molecule has 0 saturated carbocycles. The van der Waals surface area contributed by atoms with Crippen molar-refractivity contribution in [1.29, 1.82) is 0 Å². The Balaban J connectivity index is 1.62. The molecule has 2 aromatic carbocycles. The first-order valence-electron chi connectivity index (χ1n) is 9.17. The number of halogens is 1. The van der Waals surface area contributed by atoms with E-state index in [0.717, 1.165) is 10.0 Å². The standard InChI is InChI=1S/C21H19BrO8/c22-11-3-1-10(2-4-11)14-9-28-15-7-12(5-6-13(15)17(14)24)29-21-20(27)19(26)18(25)16(8-23)30-21/h1-7,9,16,18-21,23,25-27H,8H2/t16-,18+,19+,20+,21+/m0/s1. The van der Waals surface area contributed by atoms with Crippen molar-refractivity contribution in [2.24, 2.45) is 0 Å². The van der Waals surface area contributed by atoms with E-state index >= 15 is 0 Å². The average Bonchev–Trinajstić information content (AvgIpc) is 2.75. The molecule has 8 nitrogen and oxygen atoms in total. The van der Waals surface area contributed by atoms with E-state index < -0.39 is 37.3 Å². The Kier molecular flexibility index (Phi) is 5.92. The molecule has 0 bridgehead atoms. The molecule has 1 saturated heterocycles. The van der Waals surface area contributed by atoms with E-state index in [1.54, 1.807) is 12.1 Å². The fourth-order valence-corrected chi connectivity index (χ4v) is 3.57. The molecule has 0 unspecified atom stereocenters. The maximum absolute atomic E-state index is 12.9. The van der Waals surface area contributed by atoms with Gasteiger partial charge in [0.1, 0.15) is 42.0 Å². The van der Waals surface area contributed by atoms with Gasteiger partial charge in [-0.05, 0) is 29.8 Å². The number of aliphatic hydroxyl groups is 4. The molecular formula is C21H19BrO8. The van der Waals surface area contributed by atoms with Gasteiger partial charge in [-0.1, -0.05) is 28.1 Å². The molecule has 9 heteroatoms. The summed E-state index contributed by atoms with van der Waals surface area (Å²) >= 11 is 3.36. The minimum atomic E-state index is -1.55. The van der Waals surface area contributed by atoms with Gasteiger partial charge in [0, 0.05) is 10.5 Å². The number of benzene rings is 2. The van der Waals surface area contributed by atoms with Crippen molar-refractivity contribution in [1.82, 2.24) is 0 Å². The largest absolute Gasteiger partial charge is 0.463 e. The summed E-state index contributed by atoms with van der Waals surface area (Å²) in [5.41, 5.74) is 1.19. The molecule has 1 aliphatic rings. The Morgan fingerprint density at radius 1 is 1.00 bits per heavy atom. The quantitative estimate of drug-likeness (QED) is 0.442. The van der Waals surface area contributed by atoms with Crippen LogP contribution in [0.15, 0.2) is 62.4 Å².